The first kappa shape index (κ1) is 23.5. The van der Waals surface area contributed by atoms with Gasteiger partial charge in [-0.15, -0.1) is 35.3 Å². The molecule has 0 aliphatic heterocycles. The van der Waals surface area contributed by atoms with Crippen LogP contribution in [0, 0.1) is 6.92 Å². The van der Waals surface area contributed by atoms with Gasteiger partial charge in [-0.05, 0) is 38.1 Å². The van der Waals surface area contributed by atoms with E-state index in [0.717, 1.165) is 48.5 Å². The van der Waals surface area contributed by atoms with Crippen LogP contribution in [0.3, 0.4) is 0 Å². The Morgan fingerprint density at radius 1 is 1.26 bits per heavy atom. The van der Waals surface area contributed by atoms with Crippen LogP contribution in [0.1, 0.15) is 16.8 Å². The van der Waals surface area contributed by atoms with Crippen LogP contribution in [0.25, 0.3) is 0 Å². The molecule has 0 radical (unpaired) electrons. The van der Waals surface area contributed by atoms with Crippen molar-refractivity contribution in [3.8, 4) is 11.5 Å². The van der Waals surface area contributed by atoms with E-state index in [-0.39, 0.29) is 24.0 Å². The number of nitrogens with zero attached hydrogens (tertiary/aromatic N) is 3. The van der Waals surface area contributed by atoms with Crippen LogP contribution in [0.5, 0.6) is 11.5 Å². The Balaban J connectivity index is 0.00000364. The van der Waals surface area contributed by atoms with Crippen LogP contribution >= 0.6 is 35.3 Å². The van der Waals surface area contributed by atoms with Crippen molar-refractivity contribution < 1.29 is 9.47 Å². The topological polar surface area (TPSA) is 59.0 Å². The minimum atomic E-state index is 0. The third-order valence-electron chi connectivity index (χ3n) is 3.71. The summed E-state index contributed by atoms with van der Waals surface area (Å²) in [6, 6.07) is 7.61. The number of aromatic nitrogens is 1. The van der Waals surface area contributed by atoms with Crippen LogP contribution in [-0.4, -0.2) is 56.2 Å². The third-order valence-corrected chi connectivity index (χ3v) is 4.68. The number of rotatable bonds is 9. The van der Waals surface area contributed by atoms with E-state index in [1.54, 1.807) is 18.4 Å². The molecule has 6 nitrogen and oxygen atoms in total. The molecule has 0 aliphatic rings. The van der Waals surface area contributed by atoms with Gasteiger partial charge in [0.1, 0.15) is 18.1 Å². The van der Waals surface area contributed by atoms with Gasteiger partial charge >= 0.3 is 0 Å². The number of methoxy groups -OCH3 is 1. The molecule has 0 bridgehead atoms. The van der Waals surface area contributed by atoms with E-state index >= 15 is 0 Å². The zero-order valence-electron chi connectivity index (χ0n) is 16.4. The molecule has 0 atom stereocenters. The summed E-state index contributed by atoms with van der Waals surface area (Å²) in [5, 5.41) is 4.46. The highest BCUT2D eigenvalue weighted by molar-refractivity contribution is 14.0. The fourth-order valence-corrected chi connectivity index (χ4v) is 3.10. The van der Waals surface area contributed by atoms with Gasteiger partial charge in [0.25, 0.3) is 0 Å². The zero-order chi connectivity index (χ0) is 18.8. The van der Waals surface area contributed by atoms with Crippen molar-refractivity contribution in [3.63, 3.8) is 0 Å². The Bertz CT molecular complexity index is 691. The van der Waals surface area contributed by atoms with Crippen molar-refractivity contribution in [3.05, 3.63) is 40.3 Å². The van der Waals surface area contributed by atoms with Gasteiger partial charge in [-0.2, -0.15) is 0 Å². The molecule has 1 aromatic heterocycles. The highest BCUT2D eigenvalue weighted by Gasteiger charge is 2.06. The summed E-state index contributed by atoms with van der Waals surface area (Å²) in [4.78, 5) is 12.4. The predicted octanol–water partition coefficient (Wildman–Crippen LogP) is 3.60. The molecule has 1 N–H and O–H groups in total. The Hall–Kier alpha value is -1.55. The van der Waals surface area contributed by atoms with Gasteiger partial charge in [-0.3, -0.25) is 4.99 Å². The Morgan fingerprint density at radius 2 is 1.96 bits per heavy atom. The Morgan fingerprint density at radius 3 is 2.56 bits per heavy atom. The molecule has 0 spiro atoms. The van der Waals surface area contributed by atoms with Crippen LogP contribution in [0.2, 0.25) is 0 Å². The largest absolute Gasteiger partial charge is 0.497 e. The highest BCUT2D eigenvalue weighted by Crippen LogP contribution is 2.16. The lowest BCUT2D eigenvalue weighted by Crippen LogP contribution is -2.41. The van der Waals surface area contributed by atoms with Crippen molar-refractivity contribution in [1.82, 2.24) is 15.2 Å². The Labute approximate surface area is 183 Å². The molecule has 0 saturated heterocycles. The second-order valence-electron chi connectivity index (χ2n) is 5.80. The summed E-state index contributed by atoms with van der Waals surface area (Å²) >= 11 is 1.73. The summed E-state index contributed by atoms with van der Waals surface area (Å²) in [6.45, 7) is 7.03. The van der Waals surface area contributed by atoms with Crippen molar-refractivity contribution in [2.45, 2.75) is 20.3 Å². The Kier molecular flexibility index (Phi) is 11.1. The number of hydrogen-bond donors (Lipinski definition) is 1. The lowest BCUT2D eigenvalue weighted by atomic mass is 10.3. The average molecular weight is 504 g/mol. The van der Waals surface area contributed by atoms with Gasteiger partial charge < -0.3 is 19.7 Å². The lowest BCUT2D eigenvalue weighted by molar-refractivity contribution is 0.281. The third kappa shape index (κ3) is 8.34. The maximum atomic E-state index is 5.79. The van der Waals surface area contributed by atoms with Crippen molar-refractivity contribution in [2.24, 2.45) is 4.99 Å². The van der Waals surface area contributed by atoms with Crippen LogP contribution in [-0.2, 0) is 6.42 Å². The quantitative estimate of drug-likeness (QED) is 0.322. The molecular formula is C19H29IN4O2S. The molecule has 8 heteroatoms. The minimum absolute atomic E-state index is 0. The molecule has 0 fully saturated rings. The molecule has 1 heterocycles. The summed E-state index contributed by atoms with van der Waals surface area (Å²) < 4.78 is 10.9. The van der Waals surface area contributed by atoms with E-state index in [2.05, 4.69) is 29.0 Å². The van der Waals surface area contributed by atoms with Crippen molar-refractivity contribution >= 4 is 41.3 Å². The maximum Gasteiger partial charge on any atom is 0.193 e. The van der Waals surface area contributed by atoms with E-state index in [9.17, 15) is 0 Å². The maximum absolute atomic E-state index is 5.79. The van der Waals surface area contributed by atoms with Gasteiger partial charge in [-0.25, -0.2) is 4.98 Å². The molecule has 2 rings (SSSR count). The predicted molar refractivity (Wildman–Crippen MR) is 123 cm³/mol. The second kappa shape index (κ2) is 12.8. The number of aliphatic imine (C=N–C) groups is 1. The minimum Gasteiger partial charge on any atom is -0.497 e. The number of likely N-dealkylation sites (N-methyl/N-ethyl adjacent to an activating group) is 1. The van der Waals surface area contributed by atoms with Crippen LogP contribution in [0.15, 0.2) is 35.5 Å². The first-order valence-electron chi connectivity index (χ1n) is 8.80. The lowest BCUT2D eigenvalue weighted by Gasteiger charge is -2.22. The van der Waals surface area contributed by atoms with E-state index < -0.39 is 0 Å². The summed E-state index contributed by atoms with van der Waals surface area (Å²) in [5.41, 5.74) is 0. The fourth-order valence-electron chi connectivity index (χ4n) is 2.32. The number of aryl methyl sites for hydroxylation is 1. The summed E-state index contributed by atoms with van der Waals surface area (Å²) in [6.07, 6.45) is 2.78. The number of hydrogen-bond acceptors (Lipinski definition) is 5. The smallest absolute Gasteiger partial charge is 0.193 e. The molecule has 150 valence electrons. The zero-order valence-corrected chi connectivity index (χ0v) is 19.5. The number of ether oxygens (including phenoxy) is 2. The van der Waals surface area contributed by atoms with E-state index in [0.29, 0.717) is 6.61 Å². The van der Waals surface area contributed by atoms with Gasteiger partial charge in [0.2, 0.25) is 0 Å². The molecule has 2 aromatic rings. The molecule has 0 amide bonds. The van der Waals surface area contributed by atoms with Gasteiger partial charge in [-0.1, -0.05) is 0 Å². The van der Waals surface area contributed by atoms with E-state index in [1.165, 1.54) is 4.88 Å². The normalized spacial score (nSPS) is 10.9. The first-order chi connectivity index (χ1) is 12.6. The number of guanidine groups is 1. The van der Waals surface area contributed by atoms with Crippen LogP contribution < -0.4 is 14.8 Å². The number of benzene rings is 1. The van der Waals surface area contributed by atoms with E-state index in [1.807, 2.05) is 37.5 Å². The van der Waals surface area contributed by atoms with Gasteiger partial charge in [0.15, 0.2) is 5.96 Å². The standard InChI is InChI=1S/C19H28N4O2S.HI/c1-5-20-19(21-11-10-18-22-14-15(2)26-18)23(3)12-13-25-17-8-6-16(24-4)7-9-17;/h6-9,14H,5,10-13H2,1-4H3,(H,20,21);1H. The van der Waals surface area contributed by atoms with Crippen LogP contribution in [0.4, 0.5) is 0 Å². The average Bonchev–Trinajstić information content (AvgIpc) is 3.06. The fraction of sp³-hybridized carbons (Fsp3) is 0.474. The SMILES string of the molecule is CCNC(=NCCc1ncc(C)s1)N(C)CCOc1ccc(OC)cc1.I. The monoisotopic (exact) mass is 504 g/mol. The van der Waals surface area contributed by atoms with Gasteiger partial charge in [0, 0.05) is 37.6 Å². The molecule has 0 saturated carbocycles. The molecule has 0 aliphatic carbocycles. The van der Waals surface area contributed by atoms with E-state index in [4.69, 9.17) is 14.5 Å². The number of halogens is 1. The molecule has 1 aromatic carbocycles. The number of thiazole rings is 1. The second-order valence-corrected chi connectivity index (χ2v) is 7.12. The molecule has 0 unspecified atom stereocenters. The first-order valence-corrected chi connectivity index (χ1v) is 9.61. The highest BCUT2D eigenvalue weighted by atomic mass is 127. The van der Waals surface area contributed by atoms with Crippen molar-refractivity contribution in [2.75, 3.05) is 40.4 Å². The van der Waals surface area contributed by atoms with Gasteiger partial charge in [0.05, 0.1) is 18.7 Å². The summed E-state index contributed by atoms with van der Waals surface area (Å²) in [5.74, 6) is 2.55. The summed E-state index contributed by atoms with van der Waals surface area (Å²) in [7, 11) is 3.68. The molecule has 27 heavy (non-hydrogen) atoms. The number of nitrogens with one attached hydrogen (secondary N) is 1. The molecular weight excluding hydrogens is 475 g/mol. The van der Waals surface area contributed by atoms with Crippen molar-refractivity contribution in [1.29, 1.82) is 0 Å².